The molecular formula is C31H27ClN4O3. The lowest BCUT2D eigenvalue weighted by Gasteiger charge is -2.57. The second kappa shape index (κ2) is 9.87. The number of amides is 1. The lowest BCUT2D eigenvalue weighted by molar-refractivity contribution is -0.142. The average molecular weight is 539 g/mol. The van der Waals surface area contributed by atoms with Crippen molar-refractivity contribution in [3.63, 3.8) is 0 Å². The molecule has 3 aromatic carbocycles. The third-order valence-electron chi connectivity index (χ3n) is 8.20. The van der Waals surface area contributed by atoms with Gasteiger partial charge in [-0.1, -0.05) is 48.0 Å². The van der Waals surface area contributed by atoms with E-state index in [0.29, 0.717) is 28.2 Å². The summed E-state index contributed by atoms with van der Waals surface area (Å²) in [7, 11) is 0. The van der Waals surface area contributed by atoms with Gasteiger partial charge in [0.05, 0.1) is 40.5 Å². The van der Waals surface area contributed by atoms with Crippen molar-refractivity contribution in [2.75, 3.05) is 0 Å². The summed E-state index contributed by atoms with van der Waals surface area (Å²) in [6.45, 7) is 0.472. The van der Waals surface area contributed by atoms with Gasteiger partial charge < -0.3 is 10.4 Å². The molecule has 0 aliphatic heterocycles. The molecule has 0 unspecified atom stereocenters. The molecule has 2 fully saturated rings. The SMILES string of the molecule is N#Cc1cccc(-c2ccc(Cn3ncc4c(Cl)ccc(C(=O)NC5CC6(CC(CC(=O)O)C6)C5)c43)cc2)c1. The Morgan fingerprint density at radius 2 is 1.85 bits per heavy atom. The summed E-state index contributed by atoms with van der Waals surface area (Å²) < 4.78 is 1.81. The van der Waals surface area contributed by atoms with Gasteiger partial charge in [0, 0.05) is 17.8 Å². The molecule has 1 amide bonds. The number of fused-ring (bicyclic) bond motifs is 1. The molecule has 7 nitrogen and oxygen atoms in total. The molecule has 2 aliphatic carbocycles. The molecule has 0 radical (unpaired) electrons. The van der Waals surface area contributed by atoms with Crippen LogP contribution in [-0.2, 0) is 11.3 Å². The first-order valence-electron chi connectivity index (χ1n) is 13.1. The van der Waals surface area contributed by atoms with Gasteiger partial charge in [-0.25, -0.2) is 0 Å². The van der Waals surface area contributed by atoms with Gasteiger partial charge in [0.25, 0.3) is 5.91 Å². The summed E-state index contributed by atoms with van der Waals surface area (Å²) >= 11 is 6.47. The quantitative estimate of drug-likeness (QED) is 0.298. The Labute approximate surface area is 231 Å². The first-order valence-corrected chi connectivity index (χ1v) is 13.5. The van der Waals surface area contributed by atoms with Crippen LogP contribution in [0.4, 0.5) is 0 Å². The normalized spacial score (nSPS) is 21.6. The highest BCUT2D eigenvalue weighted by Gasteiger charge is 2.53. The smallest absolute Gasteiger partial charge is 0.303 e. The first-order chi connectivity index (χ1) is 18.8. The lowest BCUT2D eigenvalue weighted by atomic mass is 9.49. The number of carboxylic acids is 1. The minimum absolute atomic E-state index is 0.0949. The molecular weight excluding hydrogens is 512 g/mol. The zero-order chi connectivity index (χ0) is 27.1. The minimum Gasteiger partial charge on any atom is -0.481 e. The maximum absolute atomic E-state index is 13.4. The molecule has 0 atom stereocenters. The van der Waals surface area contributed by atoms with Crippen molar-refractivity contribution in [3.8, 4) is 17.2 Å². The van der Waals surface area contributed by atoms with Gasteiger partial charge in [0.1, 0.15) is 0 Å². The molecule has 0 saturated heterocycles. The molecule has 39 heavy (non-hydrogen) atoms. The van der Waals surface area contributed by atoms with E-state index < -0.39 is 5.97 Å². The number of nitrogens with zero attached hydrogens (tertiary/aromatic N) is 3. The number of aromatic nitrogens is 2. The number of carbonyl (C=O) groups excluding carboxylic acids is 1. The largest absolute Gasteiger partial charge is 0.481 e. The molecule has 2 aliphatic rings. The number of carbonyl (C=O) groups is 2. The maximum atomic E-state index is 13.4. The Kier molecular flexibility index (Phi) is 6.36. The van der Waals surface area contributed by atoms with Crippen molar-refractivity contribution in [1.29, 1.82) is 5.26 Å². The van der Waals surface area contributed by atoms with Crippen LogP contribution >= 0.6 is 11.6 Å². The van der Waals surface area contributed by atoms with Crippen LogP contribution in [0.5, 0.6) is 0 Å². The Morgan fingerprint density at radius 1 is 1.08 bits per heavy atom. The van der Waals surface area contributed by atoms with Crippen molar-refractivity contribution in [2.45, 2.75) is 44.7 Å². The van der Waals surface area contributed by atoms with Crippen LogP contribution in [0.1, 0.15) is 53.6 Å². The van der Waals surface area contributed by atoms with Crippen LogP contribution in [0.15, 0.2) is 66.9 Å². The van der Waals surface area contributed by atoms with Crippen molar-refractivity contribution >= 4 is 34.4 Å². The van der Waals surface area contributed by atoms with Gasteiger partial charge in [-0.3, -0.25) is 14.3 Å². The van der Waals surface area contributed by atoms with E-state index in [1.54, 1.807) is 24.4 Å². The van der Waals surface area contributed by atoms with Gasteiger partial charge in [-0.05, 0) is 78.0 Å². The highest BCUT2D eigenvalue weighted by atomic mass is 35.5. The highest BCUT2D eigenvalue weighted by molar-refractivity contribution is 6.36. The predicted molar refractivity (Wildman–Crippen MR) is 148 cm³/mol. The van der Waals surface area contributed by atoms with E-state index in [1.165, 1.54) is 0 Å². The van der Waals surface area contributed by atoms with Crippen LogP contribution in [0.3, 0.4) is 0 Å². The van der Waals surface area contributed by atoms with Crippen LogP contribution in [0.2, 0.25) is 5.02 Å². The number of nitrogens with one attached hydrogen (secondary N) is 1. The first kappa shape index (κ1) is 25.1. The second-order valence-electron chi connectivity index (χ2n) is 11.0. The van der Waals surface area contributed by atoms with Gasteiger partial charge in [-0.15, -0.1) is 0 Å². The minimum atomic E-state index is -0.733. The number of halogens is 1. The zero-order valence-electron chi connectivity index (χ0n) is 21.2. The van der Waals surface area contributed by atoms with Crippen LogP contribution in [-0.4, -0.2) is 32.8 Å². The summed E-state index contributed by atoms with van der Waals surface area (Å²) in [5.41, 5.74) is 5.08. The summed E-state index contributed by atoms with van der Waals surface area (Å²) in [6.07, 6.45) is 5.61. The van der Waals surface area contributed by atoms with Crippen molar-refractivity contribution < 1.29 is 14.7 Å². The Morgan fingerprint density at radius 3 is 2.56 bits per heavy atom. The number of hydrogen-bond acceptors (Lipinski definition) is 4. The van der Waals surface area contributed by atoms with Crippen LogP contribution in [0.25, 0.3) is 22.0 Å². The summed E-state index contributed by atoms with van der Waals surface area (Å²) in [4.78, 5) is 24.3. The molecule has 2 saturated carbocycles. The number of hydrogen-bond donors (Lipinski definition) is 2. The summed E-state index contributed by atoms with van der Waals surface area (Å²) in [6, 6.07) is 21.4. The monoisotopic (exact) mass is 538 g/mol. The van der Waals surface area contributed by atoms with Gasteiger partial charge in [0.2, 0.25) is 0 Å². The predicted octanol–water partition coefficient (Wildman–Crippen LogP) is 6.04. The van der Waals surface area contributed by atoms with Gasteiger partial charge >= 0.3 is 5.97 Å². The van der Waals surface area contributed by atoms with E-state index in [9.17, 15) is 14.9 Å². The third kappa shape index (κ3) is 4.88. The fourth-order valence-electron chi connectivity index (χ4n) is 6.46. The molecule has 1 aromatic heterocycles. The van der Waals surface area contributed by atoms with E-state index in [-0.39, 0.29) is 29.7 Å². The molecule has 4 aromatic rings. The van der Waals surface area contributed by atoms with Crippen molar-refractivity contribution in [1.82, 2.24) is 15.1 Å². The topological polar surface area (TPSA) is 108 Å². The van der Waals surface area contributed by atoms with E-state index in [1.807, 2.05) is 47.1 Å². The number of rotatable bonds is 7. The molecule has 2 N–H and O–H groups in total. The Bertz CT molecular complexity index is 1620. The molecule has 8 heteroatoms. The van der Waals surface area contributed by atoms with E-state index >= 15 is 0 Å². The molecule has 196 valence electrons. The average Bonchev–Trinajstić information content (AvgIpc) is 3.31. The second-order valence-corrected chi connectivity index (χ2v) is 11.4. The van der Waals surface area contributed by atoms with Gasteiger partial charge in [-0.2, -0.15) is 10.4 Å². The standard InChI is InChI=1S/C31H27ClN4O3/c32-27-9-8-25(30(39)35-24-14-31(15-24)12-21(13-31)11-28(37)38)29-26(27)17-34-36(29)18-19-4-6-22(7-5-19)23-3-1-2-20(10-23)16-33/h1-10,17,21,24H,11-15,18H2,(H,35,39)(H,37,38). The molecule has 0 bridgehead atoms. The van der Waals surface area contributed by atoms with Crippen LogP contribution in [0, 0.1) is 22.7 Å². The molecule has 1 spiro atoms. The highest BCUT2D eigenvalue weighted by Crippen LogP contribution is 2.59. The van der Waals surface area contributed by atoms with Crippen molar-refractivity contribution in [2.24, 2.45) is 11.3 Å². The number of benzene rings is 3. The number of carboxylic acid groups (broad SMARTS) is 1. The van der Waals surface area contributed by atoms with Crippen molar-refractivity contribution in [3.05, 3.63) is 88.6 Å². The fraction of sp³-hybridized carbons (Fsp3) is 0.290. The third-order valence-corrected chi connectivity index (χ3v) is 8.53. The zero-order valence-corrected chi connectivity index (χ0v) is 22.0. The summed E-state index contributed by atoms with van der Waals surface area (Å²) in [5.74, 6) is -0.614. The summed E-state index contributed by atoms with van der Waals surface area (Å²) in [5, 5.41) is 27.2. The molecule has 1 heterocycles. The van der Waals surface area contributed by atoms with E-state index in [0.717, 1.165) is 47.8 Å². The maximum Gasteiger partial charge on any atom is 0.303 e. The van der Waals surface area contributed by atoms with Crippen LogP contribution < -0.4 is 5.32 Å². The number of aliphatic carboxylic acids is 1. The van der Waals surface area contributed by atoms with E-state index in [4.69, 9.17) is 16.7 Å². The van der Waals surface area contributed by atoms with E-state index in [2.05, 4.69) is 16.5 Å². The molecule has 6 rings (SSSR count). The fourth-order valence-corrected chi connectivity index (χ4v) is 6.66. The van der Waals surface area contributed by atoms with Gasteiger partial charge in [0.15, 0.2) is 0 Å². The lowest BCUT2D eigenvalue weighted by Crippen LogP contribution is -2.56. The Hall–Kier alpha value is -4.15. The number of nitriles is 1. The Balaban J connectivity index is 1.17.